The van der Waals surface area contributed by atoms with E-state index in [4.69, 9.17) is 14.6 Å². The summed E-state index contributed by atoms with van der Waals surface area (Å²) in [6, 6.07) is 5.24. The largest absolute Gasteiger partial charge is 0.493 e. The van der Waals surface area contributed by atoms with E-state index >= 15 is 0 Å². The second-order valence-corrected chi connectivity index (χ2v) is 5.68. The maximum absolute atomic E-state index is 12.3. The lowest BCUT2D eigenvalue weighted by Crippen LogP contribution is -2.39. The molecule has 1 unspecified atom stereocenters. The maximum atomic E-state index is 12.3. The fourth-order valence-corrected chi connectivity index (χ4v) is 2.90. The van der Waals surface area contributed by atoms with Crippen molar-refractivity contribution in [2.45, 2.75) is 32.2 Å². The Kier molecular flexibility index (Phi) is 6.23. The molecule has 0 radical (unpaired) electrons. The smallest absolute Gasteiger partial charge is 0.305 e. The van der Waals surface area contributed by atoms with Gasteiger partial charge in [-0.3, -0.25) is 9.59 Å². The van der Waals surface area contributed by atoms with Crippen LogP contribution >= 0.6 is 0 Å². The summed E-state index contributed by atoms with van der Waals surface area (Å²) in [5.74, 6) is -0.0322. The Morgan fingerprint density at radius 2 is 2.17 bits per heavy atom. The normalized spacial score (nSPS) is 17.2. The average Bonchev–Trinajstić information content (AvgIpc) is 3.00. The number of hydrogen-bond donors (Lipinski definition) is 1. The van der Waals surface area contributed by atoms with E-state index in [0.29, 0.717) is 18.0 Å². The Labute approximate surface area is 141 Å². The number of aliphatic carboxylic acids is 1. The zero-order chi connectivity index (χ0) is 17.5. The van der Waals surface area contributed by atoms with Gasteiger partial charge in [0.05, 0.1) is 13.5 Å². The summed E-state index contributed by atoms with van der Waals surface area (Å²) in [6.45, 7) is 2.38. The van der Waals surface area contributed by atoms with Crippen molar-refractivity contribution in [1.82, 2.24) is 4.90 Å². The summed E-state index contributed by atoms with van der Waals surface area (Å²) >= 11 is 0. The number of nitrogens with zero attached hydrogens (tertiary/aromatic N) is 1. The summed E-state index contributed by atoms with van der Waals surface area (Å²) in [7, 11) is 1.55. The van der Waals surface area contributed by atoms with Gasteiger partial charge in [0, 0.05) is 12.6 Å². The molecule has 24 heavy (non-hydrogen) atoms. The van der Waals surface area contributed by atoms with Crippen molar-refractivity contribution in [2.75, 3.05) is 20.3 Å². The topological polar surface area (TPSA) is 76.1 Å². The van der Waals surface area contributed by atoms with Crippen LogP contribution in [-0.4, -0.2) is 48.2 Å². The van der Waals surface area contributed by atoms with Crippen molar-refractivity contribution in [3.8, 4) is 11.5 Å². The fourth-order valence-electron chi connectivity index (χ4n) is 2.90. The first kappa shape index (κ1) is 17.8. The number of methoxy groups -OCH3 is 1. The van der Waals surface area contributed by atoms with Gasteiger partial charge in [-0.25, -0.2) is 0 Å². The van der Waals surface area contributed by atoms with Gasteiger partial charge in [-0.15, -0.1) is 0 Å². The van der Waals surface area contributed by atoms with Gasteiger partial charge in [0.25, 0.3) is 5.91 Å². The zero-order valence-electron chi connectivity index (χ0n) is 14.0. The highest BCUT2D eigenvalue weighted by molar-refractivity contribution is 5.79. The van der Waals surface area contributed by atoms with Gasteiger partial charge in [-0.1, -0.05) is 18.2 Å². The zero-order valence-corrected chi connectivity index (χ0v) is 14.0. The number of carbonyl (C=O) groups is 2. The average molecular weight is 333 g/mol. The first-order valence-electron chi connectivity index (χ1n) is 8.00. The lowest BCUT2D eigenvalue weighted by atomic mass is 10.1. The molecule has 1 aliphatic rings. The number of carboxylic acids is 1. The SMILES string of the molecule is C/C=C/c1ccc(OCC(=O)N2CCCC2CC(=O)O)c(OC)c1. The van der Waals surface area contributed by atoms with Crippen LogP contribution in [0.15, 0.2) is 24.3 Å². The summed E-state index contributed by atoms with van der Waals surface area (Å²) in [6.07, 6.45) is 5.39. The minimum Gasteiger partial charge on any atom is -0.493 e. The molecule has 130 valence electrons. The van der Waals surface area contributed by atoms with Crippen LogP contribution < -0.4 is 9.47 Å². The molecule has 0 bridgehead atoms. The molecule has 1 aromatic carbocycles. The number of allylic oxidation sites excluding steroid dienone is 1. The first-order chi connectivity index (χ1) is 11.5. The molecule has 1 aliphatic heterocycles. The molecular weight excluding hydrogens is 310 g/mol. The molecule has 0 aromatic heterocycles. The fraction of sp³-hybridized carbons (Fsp3) is 0.444. The molecule has 6 heteroatoms. The van der Waals surface area contributed by atoms with E-state index in [0.717, 1.165) is 18.4 Å². The first-order valence-corrected chi connectivity index (χ1v) is 8.00. The molecule has 6 nitrogen and oxygen atoms in total. The number of likely N-dealkylation sites (tertiary alicyclic amines) is 1. The molecular formula is C18H23NO5. The van der Waals surface area contributed by atoms with Gasteiger partial charge in [-0.2, -0.15) is 0 Å². The van der Waals surface area contributed by atoms with Crippen molar-refractivity contribution in [3.63, 3.8) is 0 Å². The van der Waals surface area contributed by atoms with Crippen molar-refractivity contribution >= 4 is 18.0 Å². The van der Waals surface area contributed by atoms with E-state index in [1.165, 1.54) is 0 Å². The number of carboxylic acid groups (broad SMARTS) is 1. The number of ether oxygens (including phenoxy) is 2. The van der Waals surface area contributed by atoms with Crippen LogP contribution in [0.2, 0.25) is 0 Å². The molecule has 2 rings (SSSR count). The molecule has 1 amide bonds. The monoisotopic (exact) mass is 333 g/mol. The van der Waals surface area contributed by atoms with E-state index < -0.39 is 5.97 Å². The molecule has 1 heterocycles. The second kappa shape index (κ2) is 8.38. The van der Waals surface area contributed by atoms with E-state index in [9.17, 15) is 9.59 Å². The van der Waals surface area contributed by atoms with Crippen LogP contribution in [0.5, 0.6) is 11.5 Å². The standard InChI is InChI=1S/C18H23NO5/c1-3-5-13-7-8-15(16(10-13)23-2)24-12-17(20)19-9-4-6-14(19)11-18(21)22/h3,5,7-8,10,14H,4,6,9,11-12H2,1-2H3,(H,21,22)/b5-3+. The van der Waals surface area contributed by atoms with E-state index in [1.54, 1.807) is 18.1 Å². The highest BCUT2D eigenvalue weighted by Gasteiger charge is 2.30. The minimum absolute atomic E-state index is 0.0207. The molecule has 0 saturated carbocycles. The van der Waals surface area contributed by atoms with Gasteiger partial charge in [-0.05, 0) is 37.5 Å². The second-order valence-electron chi connectivity index (χ2n) is 5.68. The summed E-state index contributed by atoms with van der Waals surface area (Å²) < 4.78 is 10.9. The maximum Gasteiger partial charge on any atom is 0.305 e. The van der Waals surface area contributed by atoms with Crippen LogP contribution in [0.4, 0.5) is 0 Å². The van der Waals surface area contributed by atoms with Crippen molar-refractivity contribution in [3.05, 3.63) is 29.8 Å². The molecule has 0 spiro atoms. The number of amides is 1. The Bertz CT molecular complexity index is 626. The van der Waals surface area contributed by atoms with Crippen LogP contribution in [0.3, 0.4) is 0 Å². The van der Waals surface area contributed by atoms with E-state index in [1.807, 2.05) is 31.2 Å². The summed E-state index contributed by atoms with van der Waals surface area (Å²) in [5, 5.41) is 8.93. The lowest BCUT2D eigenvalue weighted by molar-refractivity contribution is -0.140. The number of benzene rings is 1. The van der Waals surface area contributed by atoms with Crippen LogP contribution in [0, 0.1) is 0 Å². The third kappa shape index (κ3) is 4.50. The predicted octanol–water partition coefficient (Wildman–Crippen LogP) is 2.57. The predicted molar refractivity (Wildman–Crippen MR) is 90.2 cm³/mol. The Hall–Kier alpha value is -2.50. The molecule has 1 aromatic rings. The highest BCUT2D eigenvalue weighted by Crippen LogP contribution is 2.29. The lowest BCUT2D eigenvalue weighted by Gasteiger charge is -2.23. The molecule has 1 N–H and O–H groups in total. The van der Waals surface area contributed by atoms with E-state index in [2.05, 4.69) is 0 Å². The Morgan fingerprint density at radius 1 is 1.38 bits per heavy atom. The number of rotatable bonds is 7. The van der Waals surface area contributed by atoms with E-state index in [-0.39, 0.29) is 25.0 Å². The minimum atomic E-state index is -0.887. The molecule has 1 saturated heterocycles. The number of hydrogen-bond acceptors (Lipinski definition) is 4. The van der Waals surface area contributed by atoms with Crippen molar-refractivity contribution < 1.29 is 24.2 Å². The Morgan fingerprint density at radius 3 is 2.83 bits per heavy atom. The quantitative estimate of drug-likeness (QED) is 0.830. The summed E-state index contributed by atoms with van der Waals surface area (Å²) in [4.78, 5) is 24.8. The molecule has 1 fully saturated rings. The van der Waals surface area contributed by atoms with Gasteiger partial charge >= 0.3 is 5.97 Å². The molecule has 1 atom stereocenters. The highest BCUT2D eigenvalue weighted by atomic mass is 16.5. The van der Waals surface area contributed by atoms with Crippen molar-refractivity contribution in [1.29, 1.82) is 0 Å². The van der Waals surface area contributed by atoms with Gasteiger partial charge in [0.2, 0.25) is 0 Å². The van der Waals surface area contributed by atoms with Gasteiger partial charge in [0.1, 0.15) is 0 Å². The summed E-state index contributed by atoms with van der Waals surface area (Å²) in [5.41, 5.74) is 0.981. The number of carbonyl (C=O) groups excluding carboxylic acids is 1. The third-order valence-electron chi connectivity index (χ3n) is 4.01. The molecule has 0 aliphatic carbocycles. The third-order valence-corrected chi connectivity index (χ3v) is 4.01. The Balaban J connectivity index is 1.99. The van der Waals surface area contributed by atoms with Crippen molar-refractivity contribution in [2.24, 2.45) is 0 Å². The van der Waals surface area contributed by atoms with Crippen LogP contribution in [0.1, 0.15) is 31.7 Å². The van der Waals surface area contributed by atoms with Crippen LogP contribution in [0.25, 0.3) is 6.08 Å². The van der Waals surface area contributed by atoms with Crippen LogP contribution in [-0.2, 0) is 9.59 Å². The van der Waals surface area contributed by atoms with Gasteiger partial charge < -0.3 is 19.5 Å². The van der Waals surface area contributed by atoms with Gasteiger partial charge in [0.15, 0.2) is 18.1 Å².